The maximum atomic E-state index is 12.6. The topological polar surface area (TPSA) is 50.3 Å². The summed E-state index contributed by atoms with van der Waals surface area (Å²) in [6, 6.07) is 10.3. The number of pyridine rings is 1. The summed E-state index contributed by atoms with van der Waals surface area (Å²) in [5.74, 6) is 0.370. The number of halogens is 1. The Balaban J connectivity index is 2.26. The molecule has 4 nitrogen and oxygen atoms in total. The van der Waals surface area contributed by atoms with E-state index in [1.165, 1.54) is 4.31 Å². The average Bonchev–Trinajstić information content (AvgIpc) is 2.53. The molecule has 0 amide bonds. The summed E-state index contributed by atoms with van der Waals surface area (Å²) in [4.78, 5) is 4.22. The van der Waals surface area contributed by atoms with Gasteiger partial charge in [0.2, 0.25) is 10.0 Å². The minimum Gasteiger partial charge on any atom is -0.265 e. The largest absolute Gasteiger partial charge is 0.265 e. The molecule has 0 N–H and O–H groups in total. The number of aromatic nitrogens is 1. The van der Waals surface area contributed by atoms with E-state index in [4.69, 9.17) is 11.6 Å². The molecule has 6 heteroatoms. The third-order valence-electron chi connectivity index (χ3n) is 3.18. The van der Waals surface area contributed by atoms with Gasteiger partial charge in [-0.25, -0.2) is 8.42 Å². The van der Waals surface area contributed by atoms with Crippen molar-refractivity contribution in [1.82, 2.24) is 9.29 Å². The van der Waals surface area contributed by atoms with E-state index in [0.717, 1.165) is 11.1 Å². The zero-order valence-corrected chi connectivity index (χ0v) is 13.3. The summed E-state index contributed by atoms with van der Waals surface area (Å²) in [5, 5.41) is 0. The van der Waals surface area contributed by atoms with E-state index in [-0.39, 0.29) is 4.90 Å². The Labute approximate surface area is 130 Å². The second kappa shape index (κ2) is 7.02. The molecule has 1 heterocycles. The number of alkyl halides is 1. The summed E-state index contributed by atoms with van der Waals surface area (Å²) in [6.07, 6.45) is 3.32. The van der Waals surface area contributed by atoms with Crippen LogP contribution in [0.1, 0.15) is 18.1 Å². The highest BCUT2D eigenvalue weighted by molar-refractivity contribution is 7.89. The van der Waals surface area contributed by atoms with E-state index in [0.29, 0.717) is 19.0 Å². The first-order valence-electron chi connectivity index (χ1n) is 6.62. The van der Waals surface area contributed by atoms with Gasteiger partial charge in [-0.05, 0) is 35.4 Å². The number of rotatable bonds is 6. The van der Waals surface area contributed by atoms with Crippen LogP contribution < -0.4 is 0 Å². The Hall–Kier alpha value is -1.43. The lowest BCUT2D eigenvalue weighted by Gasteiger charge is -2.20. The third kappa shape index (κ3) is 3.81. The van der Waals surface area contributed by atoms with Crippen molar-refractivity contribution in [2.45, 2.75) is 24.2 Å². The Kier molecular flexibility index (Phi) is 5.33. The molecule has 1 aromatic heterocycles. The van der Waals surface area contributed by atoms with Crippen molar-refractivity contribution in [3.05, 3.63) is 59.9 Å². The summed E-state index contributed by atoms with van der Waals surface area (Å²) in [5.41, 5.74) is 1.81. The number of sulfonamides is 1. The van der Waals surface area contributed by atoms with Crippen molar-refractivity contribution in [3.8, 4) is 0 Å². The molecule has 112 valence electrons. The van der Waals surface area contributed by atoms with Crippen LogP contribution in [0.2, 0.25) is 0 Å². The van der Waals surface area contributed by atoms with Crippen molar-refractivity contribution in [2.75, 3.05) is 6.54 Å². The highest BCUT2D eigenvalue weighted by Gasteiger charge is 2.23. The second-order valence-corrected chi connectivity index (χ2v) is 6.77. The fourth-order valence-corrected chi connectivity index (χ4v) is 3.57. The standard InChI is InChI=1S/C15H17ClN2O2S/c1-2-18(12-14-7-9-17-10-8-14)21(19,20)15-5-3-13(11-16)4-6-15/h3-10H,2,11-12H2,1H3. The fraction of sp³-hybridized carbons (Fsp3) is 0.267. The number of nitrogens with zero attached hydrogens (tertiary/aromatic N) is 2. The lowest BCUT2D eigenvalue weighted by molar-refractivity contribution is 0.423. The third-order valence-corrected chi connectivity index (χ3v) is 5.42. The van der Waals surface area contributed by atoms with Crippen molar-refractivity contribution in [1.29, 1.82) is 0 Å². The summed E-state index contributed by atoms with van der Waals surface area (Å²) in [6.45, 7) is 2.56. The smallest absolute Gasteiger partial charge is 0.243 e. The van der Waals surface area contributed by atoms with Gasteiger partial charge in [0.25, 0.3) is 0 Å². The molecule has 0 bridgehead atoms. The van der Waals surface area contributed by atoms with Gasteiger partial charge in [-0.15, -0.1) is 11.6 Å². The Morgan fingerprint density at radius 3 is 2.19 bits per heavy atom. The average molecular weight is 325 g/mol. The van der Waals surface area contributed by atoms with Gasteiger partial charge in [0.05, 0.1) is 4.90 Å². The molecule has 1 aromatic carbocycles. The van der Waals surface area contributed by atoms with E-state index >= 15 is 0 Å². The molecule has 0 aliphatic carbocycles. The van der Waals surface area contributed by atoms with Gasteiger partial charge in [0.1, 0.15) is 0 Å². The molecule has 0 radical (unpaired) electrons. The van der Waals surface area contributed by atoms with E-state index in [9.17, 15) is 8.42 Å². The molecule has 0 fully saturated rings. The molecular formula is C15H17ClN2O2S. The van der Waals surface area contributed by atoms with Crippen LogP contribution in [-0.4, -0.2) is 24.3 Å². The molecule has 0 saturated heterocycles. The molecular weight excluding hydrogens is 308 g/mol. The van der Waals surface area contributed by atoms with E-state index in [1.807, 2.05) is 19.1 Å². The van der Waals surface area contributed by atoms with Gasteiger partial charge in [-0.2, -0.15) is 4.31 Å². The quantitative estimate of drug-likeness (QED) is 0.767. The van der Waals surface area contributed by atoms with Gasteiger partial charge in [0.15, 0.2) is 0 Å². The van der Waals surface area contributed by atoms with Gasteiger partial charge >= 0.3 is 0 Å². The van der Waals surface area contributed by atoms with Gasteiger partial charge in [-0.3, -0.25) is 4.98 Å². The van der Waals surface area contributed by atoms with Crippen molar-refractivity contribution >= 4 is 21.6 Å². The summed E-state index contributed by atoms with van der Waals surface area (Å²) >= 11 is 5.72. The van der Waals surface area contributed by atoms with Crippen LogP contribution in [-0.2, 0) is 22.4 Å². The van der Waals surface area contributed by atoms with Crippen LogP contribution in [0.25, 0.3) is 0 Å². The fourth-order valence-electron chi connectivity index (χ4n) is 1.96. The van der Waals surface area contributed by atoms with Crippen molar-refractivity contribution in [2.24, 2.45) is 0 Å². The number of hydrogen-bond acceptors (Lipinski definition) is 3. The minimum absolute atomic E-state index is 0.285. The van der Waals surface area contributed by atoms with Crippen LogP contribution >= 0.6 is 11.6 Å². The van der Waals surface area contributed by atoms with Gasteiger partial charge in [-0.1, -0.05) is 19.1 Å². The zero-order chi connectivity index (χ0) is 15.3. The maximum Gasteiger partial charge on any atom is 0.243 e. The maximum absolute atomic E-state index is 12.6. The molecule has 0 unspecified atom stereocenters. The lowest BCUT2D eigenvalue weighted by atomic mass is 10.2. The van der Waals surface area contributed by atoms with E-state index in [2.05, 4.69) is 4.98 Å². The predicted molar refractivity (Wildman–Crippen MR) is 83.5 cm³/mol. The SMILES string of the molecule is CCN(Cc1ccncc1)S(=O)(=O)c1ccc(CCl)cc1. The molecule has 2 rings (SSSR count). The highest BCUT2D eigenvalue weighted by atomic mass is 35.5. The lowest BCUT2D eigenvalue weighted by Crippen LogP contribution is -2.30. The molecule has 0 aliphatic heterocycles. The predicted octanol–water partition coefficient (Wildman–Crippen LogP) is 3.03. The van der Waals surface area contributed by atoms with Crippen LogP contribution in [0.5, 0.6) is 0 Å². The normalized spacial score (nSPS) is 11.8. The first-order chi connectivity index (χ1) is 10.1. The molecule has 2 aromatic rings. The van der Waals surface area contributed by atoms with Gasteiger partial charge in [0, 0.05) is 31.4 Å². The van der Waals surface area contributed by atoms with Crippen LogP contribution in [0.15, 0.2) is 53.7 Å². The van der Waals surface area contributed by atoms with Crippen LogP contribution in [0, 0.1) is 0 Å². The number of hydrogen-bond donors (Lipinski definition) is 0. The van der Waals surface area contributed by atoms with E-state index in [1.54, 1.807) is 36.7 Å². The van der Waals surface area contributed by atoms with Crippen molar-refractivity contribution in [3.63, 3.8) is 0 Å². The molecule has 0 atom stereocenters. The Morgan fingerprint density at radius 2 is 1.67 bits per heavy atom. The summed E-state index contributed by atoms with van der Waals surface area (Å²) in [7, 11) is -3.50. The molecule has 0 aliphatic rings. The second-order valence-electron chi connectivity index (χ2n) is 4.56. The Bertz CT molecular complexity index is 673. The van der Waals surface area contributed by atoms with Crippen LogP contribution in [0.4, 0.5) is 0 Å². The highest BCUT2D eigenvalue weighted by Crippen LogP contribution is 2.19. The first kappa shape index (κ1) is 15.9. The summed E-state index contributed by atoms with van der Waals surface area (Å²) < 4.78 is 26.7. The monoisotopic (exact) mass is 324 g/mol. The molecule has 21 heavy (non-hydrogen) atoms. The van der Waals surface area contributed by atoms with Gasteiger partial charge < -0.3 is 0 Å². The molecule has 0 spiro atoms. The van der Waals surface area contributed by atoms with Crippen LogP contribution in [0.3, 0.4) is 0 Å². The van der Waals surface area contributed by atoms with Crippen molar-refractivity contribution < 1.29 is 8.42 Å². The number of benzene rings is 1. The van der Waals surface area contributed by atoms with E-state index < -0.39 is 10.0 Å². The Morgan fingerprint density at radius 1 is 1.05 bits per heavy atom. The zero-order valence-electron chi connectivity index (χ0n) is 11.7. The molecule has 0 saturated carbocycles. The minimum atomic E-state index is -3.50. The first-order valence-corrected chi connectivity index (χ1v) is 8.59.